The van der Waals surface area contributed by atoms with Gasteiger partial charge in [0.1, 0.15) is 11.7 Å². The predicted molar refractivity (Wildman–Crippen MR) is 53.0 cm³/mol. The number of carbonyl (C=O) groups is 1. The number of ether oxygens (including phenoxy) is 1. The van der Waals surface area contributed by atoms with Gasteiger partial charge in [0.05, 0.1) is 12.2 Å². The number of hydrogen-bond acceptors (Lipinski definition) is 3. The smallest absolute Gasteiger partial charge is 0.154 e. The standard InChI is InChI=1S/C11H15NO3/c1-3-15-9-5-4-7(2)6-8(9)10(12)11(13)14/h4-6,10H,3,12H2,1-2H3,(H,13,14)/t10-/m1/s1. The van der Waals surface area contributed by atoms with Crippen molar-refractivity contribution in [3.8, 4) is 5.75 Å². The molecule has 0 aromatic heterocycles. The number of carboxylic acids is 1. The normalized spacial score (nSPS) is 12.2. The first-order valence-corrected chi connectivity index (χ1v) is 4.83. The summed E-state index contributed by atoms with van der Waals surface area (Å²) in [5.74, 6) is -0.631. The van der Waals surface area contributed by atoms with E-state index in [0.29, 0.717) is 17.9 Å². The summed E-state index contributed by atoms with van der Waals surface area (Å²) in [7, 11) is 0. The minimum absolute atomic E-state index is 0.496. The lowest BCUT2D eigenvalue weighted by Gasteiger charge is -2.15. The summed E-state index contributed by atoms with van der Waals surface area (Å²) in [5.41, 5.74) is 5.09. The average molecular weight is 209 g/mol. The Kier molecular flexibility index (Phi) is 3.68. The molecule has 0 amide bonds. The molecule has 1 atom stereocenters. The Labute approximate surface area is 88.7 Å². The topological polar surface area (TPSA) is 77.0 Å². The second-order valence-corrected chi connectivity index (χ2v) is 3.35. The Hall–Kier alpha value is -1.55. The highest BCUT2D eigenvalue weighted by Gasteiger charge is 2.16. The number of benzene rings is 1. The maximum atomic E-state index is 10.7. The van der Waals surface area contributed by atoms with Crippen LogP contribution in [-0.2, 0) is 4.79 Å². The third kappa shape index (κ3) is 2.70. The average Bonchev–Trinajstić information content (AvgIpc) is 2.20. The van der Waals surface area contributed by atoms with Crippen LogP contribution in [0.25, 0.3) is 0 Å². The van der Waals surface area contributed by atoms with Gasteiger partial charge in [-0.3, -0.25) is 0 Å². The summed E-state index contributed by atoms with van der Waals surface area (Å²) in [6, 6.07) is 4.50. The lowest BCUT2D eigenvalue weighted by molar-refractivity contribution is -0.443. The van der Waals surface area contributed by atoms with Crippen LogP contribution in [0.5, 0.6) is 5.75 Å². The minimum atomic E-state index is -1.19. The number of rotatable bonds is 4. The molecule has 82 valence electrons. The van der Waals surface area contributed by atoms with E-state index in [1.165, 1.54) is 0 Å². The van der Waals surface area contributed by atoms with Crippen LogP contribution < -0.4 is 15.6 Å². The van der Waals surface area contributed by atoms with E-state index >= 15 is 0 Å². The summed E-state index contributed by atoms with van der Waals surface area (Å²) in [6.45, 7) is 4.23. The van der Waals surface area contributed by atoms with E-state index in [1.54, 1.807) is 12.1 Å². The van der Waals surface area contributed by atoms with Gasteiger partial charge in [-0.05, 0) is 26.0 Å². The molecule has 0 spiro atoms. The van der Waals surface area contributed by atoms with Crippen molar-refractivity contribution in [1.82, 2.24) is 0 Å². The van der Waals surface area contributed by atoms with Crippen molar-refractivity contribution >= 4 is 5.97 Å². The van der Waals surface area contributed by atoms with E-state index in [4.69, 9.17) is 4.74 Å². The fourth-order valence-electron chi connectivity index (χ4n) is 1.35. The van der Waals surface area contributed by atoms with Crippen molar-refractivity contribution in [1.29, 1.82) is 0 Å². The third-order valence-electron chi connectivity index (χ3n) is 2.13. The highest BCUT2D eigenvalue weighted by atomic mass is 16.5. The van der Waals surface area contributed by atoms with Crippen LogP contribution in [0.2, 0.25) is 0 Å². The molecule has 0 bridgehead atoms. The Bertz CT molecular complexity index is 363. The lowest BCUT2D eigenvalue weighted by atomic mass is 10.0. The lowest BCUT2D eigenvalue weighted by Crippen LogP contribution is -2.61. The second kappa shape index (κ2) is 4.79. The summed E-state index contributed by atoms with van der Waals surface area (Å²) in [5, 5.41) is 10.7. The molecule has 0 heterocycles. The first-order chi connectivity index (χ1) is 7.06. The number of aryl methyl sites for hydroxylation is 1. The third-order valence-corrected chi connectivity index (χ3v) is 2.13. The molecule has 0 aliphatic rings. The molecule has 0 unspecified atom stereocenters. The minimum Gasteiger partial charge on any atom is -0.544 e. The number of carbonyl (C=O) groups excluding carboxylic acids is 1. The Morgan fingerprint density at radius 3 is 2.80 bits per heavy atom. The first kappa shape index (κ1) is 11.5. The first-order valence-electron chi connectivity index (χ1n) is 4.83. The van der Waals surface area contributed by atoms with Crippen LogP contribution in [0.3, 0.4) is 0 Å². The maximum absolute atomic E-state index is 10.7. The highest BCUT2D eigenvalue weighted by Crippen LogP contribution is 2.24. The molecule has 3 N–H and O–H groups in total. The van der Waals surface area contributed by atoms with Crippen molar-refractivity contribution in [3.63, 3.8) is 0 Å². The molecular weight excluding hydrogens is 194 g/mol. The van der Waals surface area contributed by atoms with Crippen molar-refractivity contribution in [2.24, 2.45) is 0 Å². The SMILES string of the molecule is CCOc1ccc(C)cc1[C@@H]([NH3+])C(=O)[O-]. The zero-order chi connectivity index (χ0) is 11.4. The van der Waals surface area contributed by atoms with E-state index in [0.717, 1.165) is 5.56 Å². The molecule has 15 heavy (non-hydrogen) atoms. The van der Waals surface area contributed by atoms with Gasteiger partial charge in [0, 0.05) is 0 Å². The number of carboxylic acid groups (broad SMARTS) is 1. The zero-order valence-corrected chi connectivity index (χ0v) is 8.95. The summed E-state index contributed by atoms with van der Waals surface area (Å²) < 4.78 is 5.33. The molecule has 0 fully saturated rings. The fraction of sp³-hybridized carbons (Fsp3) is 0.364. The van der Waals surface area contributed by atoms with Crippen LogP contribution >= 0.6 is 0 Å². The molecule has 0 aliphatic heterocycles. The van der Waals surface area contributed by atoms with Gasteiger partial charge in [0.25, 0.3) is 0 Å². The van der Waals surface area contributed by atoms with Crippen molar-refractivity contribution in [3.05, 3.63) is 29.3 Å². The molecule has 1 aromatic rings. The molecule has 0 radical (unpaired) electrons. The van der Waals surface area contributed by atoms with Gasteiger partial charge in [-0.1, -0.05) is 11.6 Å². The van der Waals surface area contributed by atoms with Gasteiger partial charge >= 0.3 is 0 Å². The van der Waals surface area contributed by atoms with Crippen molar-refractivity contribution < 1.29 is 20.4 Å². The number of quaternary nitrogens is 1. The van der Waals surface area contributed by atoms with E-state index in [2.05, 4.69) is 5.73 Å². The van der Waals surface area contributed by atoms with E-state index in [9.17, 15) is 9.90 Å². The highest BCUT2D eigenvalue weighted by molar-refractivity contribution is 5.72. The molecule has 0 saturated carbocycles. The van der Waals surface area contributed by atoms with Crippen LogP contribution in [0, 0.1) is 6.92 Å². The van der Waals surface area contributed by atoms with Gasteiger partial charge in [-0.15, -0.1) is 0 Å². The van der Waals surface area contributed by atoms with Crippen LogP contribution in [0.4, 0.5) is 0 Å². The van der Waals surface area contributed by atoms with E-state index in [-0.39, 0.29) is 0 Å². The summed E-state index contributed by atoms with van der Waals surface area (Å²) in [4.78, 5) is 10.7. The van der Waals surface area contributed by atoms with Gasteiger partial charge < -0.3 is 20.4 Å². The molecule has 4 heteroatoms. The molecule has 1 rings (SSSR count). The van der Waals surface area contributed by atoms with Crippen LogP contribution in [0.15, 0.2) is 18.2 Å². The quantitative estimate of drug-likeness (QED) is 0.721. The van der Waals surface area contributed by atoms with E-state index < -0.39 is 12.0 Å². The molecule has 0 saturated heterocycles. The van der Waals surface area contributed by atoms with Gasteiger partial charge in [0.2, 0.25) is 0 Å². The monoisotopic (exact) mass is 209 g/mol. The Balaban J connectivity index is 3.11. The van der Waals surface area contributed by atoms with Crippen LogP contribution in [0.1, 0.15) is 24.1 Å². The number of aliphatic carboxylic acids is 1. The van der Waals surface area contributed by atoms with E-state index in [1.807, 2.05) is 19.9 Å². The van der Waals surface area contributed by atoms with Gasteiger partial charge in [-0.25, -0.2) is 0 Å². The van der Waals surface area contributed by atoms with Gasteiger partial charge in [-0.2, -0.15) is 0 Å². The van der Waals surface area contributed by atoms with Crippen molar-refractivity contribution in [2.45, 2.75) is 19.9 Å². The largest absolute Gasteiger partial charge is 0.544 e. The summed E-state index contributed by atoms with van der Waals surface area (Å²) in [6.07, 6.45) is 0. The fourth-order valence-corrected chi connectivity index (χ4v) is 1.35. The summed E-state index contributed by atoms with van der Waals surface area (Å²) >= 11 is 0. The predicted octanol–water partition coefficient (Wildman–Crippen LogP) is -0.573. The van der Waals surface area contributed by atoms with Gasteiger partial charge in [0.15, 0.2) is 6.04 Å². The Morgan fingerprint density at radius 2 is 2.27 bits per heavy atom. The maximum Gasteiger partial charge on any atom is 0.154 e. The number of hydrogen-bond donors (Lipinski definition) is 1. The Morgan fingerprint density at radius 1 is 1.60 bits per heavy atom. The molecule has 4 nitrogen and oxygen atoms in total. The molecule has 0 aliphatic carbocycles. The van der Waals surface area contributed by atoms with Crippen LogP contribution in [-0.4, -0.2) is 12.6 Å². The van der Waals surface area contributed by atoms with Crippen molar-refractivity contribution in [2.75, 3.05) is 6.61 Å². The second-order valence-electron chi connectivity index (χ2n) is 3.35. The zero-order valence-electron chi connectivity index (χ0n) is 8.95. The molecular formula is C11H15NO3. The molecule has 1 aromatic carbocycles.